The average molecular weight is 236 g/mol. The normalized spacial score (nSPS) is 11.3. The molecule has 0 heterocycles. The zero-order valence-electron chi connectivity index (χ0n) is 9.93. The quantitative estimate of drug-likeness (QED) is 0.771. The van der Waals surface area contributed by atoms with Crippen molar-refractivity contribution in [2.24, 2.45) is 0 Å². The number of hydrogen-bond donors (Lipinski definition) is 2. The minimum atomic E-state index is -0.964. The molecule has 1 aromatic rings. The Morgan fingerprint density at radius 2 is 2.18 bits per heavy atom. The predicted octanol–water partition coefficient (Wildman–Crippen LogP) is 2.67. The molecule has 1 aromatic carbocycles. The molecule has 0 aromatic heterocycles. The molecule has 0 unspecified atom stereocenters. The van der Waals surface area contributed by atoms with Crippen LogP contribution in [0.1, 0.15) is 25.8 Å². The maximum Gasteiger partial charge on any atom is 0.331 e. The summed E-state index contributed by atoms with van der Waals surface area (Å²) in [5, 5.41) is 18.3. The summed E-state index contributed by atoms with van der Waals surface area (Å²) < 4.78 is 5.34. The summed E-state index contributed by atoms with van der Waals surface area (Å²) in [6, 6.07) is 4.75. The fraction of sp³-hybridized carbons (Fsp3) is 0.308. The Morgan fingerprint density at radius 1 is 1.47 bits per heavy atom. The largest absolute Gasteiger partial charge is 0.504 e. The summed E-state index contributed by atoms with van der Waals surface area (Å²) in [4.78, 5) is 10.7. The van der Waals surface area contributed by atoms with E-state index in [-0.39, 0.29) is 11.3 Å². The fourth-order valence-corrected chi connectivity index (χ4v) is 1.26. The van der Waals surface area contributed by atoms with Gasteiger partial charge in [-0.2, -0.15) is 0 Å². The molecule has 0 saturated heterocycles. The fourth-order valence-electron chi connectivity index (χ4n) is 1.26. The second-order valence-electron chi connectivity index (χ2n) is 3.71. The van der Waals surface area contributed by atoms with Crippen molar-refractivity contribution in [2.45, 2.75) is 20.3 Å². The van der Waals surface area contributed by atoms with E-state index in [0.29, 0.717) is 17.9 Å². The van der Waals surface area contributed by atoms with Gasteiger partial charge in [0.2, 0.25) is 0 Å². The van der Waals surface area contributed by atoms with Crippen molar-refractivity contribution in [1.82, 2.24) is 0 Å². The lowest BCUT2D eigenvalue weighted by atomic mass is 10.1. The maximum absolute atomic E-state index is 10.7. The van der Waals surface area contributed by atoms with Gasteiger partial charge in [-0.1, -0.05) is 13.0 Å². The van der Waals surface area contributed by atoms with Crippen LogP contribution in [0.4, 0.5) is 0 Å². The lowest BCUT2D eigenvalue weighted by molar-refractivity contribution is -0.132. The third kappa shape index (κ3) is 3.83. The molecule has 0 aliphatic rings. The van der Waals surface area contributed by atoms with Gasteiger partial charge >= 0.3 is 5.97 Å². The van der Waals surface area contributed by atoms with E-state index in [1.807, 2.05) is 6.92 Å². The van der Waals surface area contributed by atoms with Crippen LogP contribution in [0.25, 0.3) is 6.08 Å². The standard InChI is InChI=1S/C13H16O4/c1-3-6-17-12-8-10(4-5-11(12)14)7-9(2)13(15)16/h4-5,7-8,14H,3,6H2,1-2H3,(H,15,16). The SMILES string of the molecule is CCCOc1cc(C=C(C)C(=O)O)ccc1O. The first-order valence-corrected chi connectivity index (χ1v) is 5.42. The van der Waals surface area contributed by atoms with E-state index in [9.17, 15) is 9.90 Å². The summed E-state index contributed by atoms with van der Waals surface area (Å²) in [5.41, 5.74) is 0.922. The van der Waals surface area contributed by atoms with Crippen LogP contribution in [0.5, 0.6) is 11.5 Å². The lowest BCUT2D eigenvalue weighted by Gasteiger charge is -2.07. The number of carboxylic acid groups (broad SMARTS) is 1. The van der Waals surface area contributed by atoms with Gasteiger partial charge in [0.15, 0.2) is 11.5 Å². The minimum absolute atomic E-state index is 0.0589. The molecule has 0 atom stereocenters. The second-order valence-corrected chi connectivity index (χ2v) is 3.71. The van der Waals surface area contributed by atoms with Crippen LogP contribution in [-0.4, -0.2) is 22.8 Å². The van der Waals surface area contributed by atoms with Crippen molar-refractivity contribution in [3.05, 3.63) is 29.3 Å². The first kappa shape index (κ1) is 13.1. The Hall–Kier alpha value is -1.97. The average Bonchev–Trinajstić information content (AvgIpc) is 2.29. The summed E-state index contributed by atoms with van der Waals surface area (Å²) in [5.74, 6) is -0.531. The molecule has 17 heavy (non-hydrogen) atoms. The third-order valence-corrected chi connectivity index (χ3v) is 2.17. The highest BCUT2D eigenvalue weighted by atomic mass is 16.5. The Kier molecular flexibility index (Phi) is 4.57. The molecule has 92 valence electrons. The predicted molar refractivity (Wildman–Crippen MR) is 65.2 cm³/mol. The maximum atomic E-state index is 10.7. The van der Waals surface area contributed by atoms with Crippen molar-refractivity contribution < 1.29 is 19.7 Å². The first-order chi connectivity index (χ1) is 8.04. The third-order valence-electron chi connectivity index (χ3n) is 2.17. The van der Waals surface area contributed by atoms with Crippen LogP contribution in [0.2, 0.25) is 0 Å². The highest BCUT2D eigenvalue weighted by Gasteiger charge is 2.04. The van der Waals surface area contributed by atoms with Gasteiger partial charge in [-0.25, -0.2) is 4.79 Å². The number of phenols is 1. The molecular weight excluding hydrogens is 220 g/mol. The molecule has 0 fully saturated rings. The first-order valence-electron chi connectivity index (χ1n) is 5.42. The van der Waals surface area contributed by atoms with E-state index in [1.165, 1.54) is 19.1 Å². The van der Waals surface area contributed by atoms with Crippen molar-refractivity contribution in [2.75, 3.05) is 6.61 Å². The van der Waals surface area contributed by atoms with Gasteiger partial charge < -0.3 is 14.9 Å². The molecule has 0 spiro atoms. The lowest BCUT2D eigenvalue weighted by Crippen LogP contribution is -1.97. The van der Waals surface area contributed by atoms with Crippen molar-refractivity contribution in [3.63, 3.8) is 0 Å². The molecule has 0 aliphatic carbocycles. The summed E-state index contributed by atoms with van der Waals surface area (Å²) >= 11 is 0. The van der Waals surface area contributed by atoms with Crippen LogP contribution < -0.4 is 4.74 Å². The zero-order chi connectivity index (χ0) is 12.8. The molecule has 0 amide bonds. The summed E-state index contributed by atoms with van der Waals surface area (Å²) in [6.07, 6.45) is 2.37. The van der Waals surface area contributed by atoms with Crippen LogP contribution in [0.15, 0.2) is 23.8 Å². The zero-order valence-corrected chi connectivity index (χ0v) is 9.93. The topological polar surface area (TPSA) is 66.8 Å². The number of phenolic OH excluding ortho intramolecular Hbond substituents is 1. The van der Waals surface area contributed by atoms with Gasteiger partial charge in [-0.15, -0.1) is 0 Å². The van der Waals surface area contributed by atoms with Crippen molar-refractivity contribution in [1.29, 1.82) is 0 Å². The molecule has 4 nitrogen and oxygen atoms in total. The molecular formula is C13H16O4. The van der Waals surface area contributed by atoms with Gasteiger partial charge in [0.25, 0.3) is 0 Å². The van der Waals surface area contributed by atoms with Crippen LogP contribution >= 0.6 is 0 Å². The number of aliphatic carboxylic acids is 1. The Morgan fingerprint density at radius 3 is 2.76 bits per heavy atom. The van der Waals surface area contributed by atoms with Crippen LogP contribution in [0.3, 0.4) is 0 Å². The van der Waals surface area contributed by atoms with E-state index in [2.05, 4.69) is 0 Å². The van der Waals surface area contributed by atoms with Gasteiger partial charge in [0.05, 0.1) is 6.61 Å². The van der Waals surface area contributed by atoms with Gasteiger partial charge in [0.1, 0.15) is 0 Å². The number of aromatic hydroxyl groups is 1. The van der Waals surface area contributed by atoms with Crippen molar-refractivity contribution in [3.8, 4) is 11.5 Å². The van der Waals surface area contributed by atoms with E-state index in [4.69, 9.17) is 9.84 Å². The monoisotopic (exact) mass is 236 g/mol. The molecule has 2 N–H and O–H groups in total. The molecule has 4 heteroatoms. The number of hydrogen-bond acceptors (Lipinski definition) is 3. The van der Waals surface area contributed by atoms with Crippen LogP contribution in [-0.2, 0) is 4.79 Å². The van der Waals surface area contributed by atoms with Crippen molar-refractivity contribution >= 4 is 12.0 Å². The Balaban J connectivity index is 2.96. The van der Waals surface area contributed by atoms with E-state index in [1.54, 1.807) is 12.1 Å². The smallest absolute Gasteiger partial charge is 0.331 e. The number of carboxylic acids is 1. The van der Waals surface area contributed by atoms with Gasteiger partial charge in [0, 0.05) is 5.57 Å². The number of carbonyl (C=O) groups is 1. The Bertz CT molecular complexity index is 435. The number of benzene rings is 1. The van der Waals surface area contributed by atoms with Gasteiger partial charge in [-0.3, -0.25) is 0 Å². The highest BCUT2D eigenvalue weighted by Crippen LogP contribution is 2.27. The molecule has 1 rings (SSSR count). The molecule has 0 saturated carbocycles. The van der Waals surface area contributed by atoms with E-state index in [0.717, 1.165) is 6.42 Å². The molecule has 0 radical (unpaired) electrons. The minimum Gasteiger partial charge on any atom is -0.504 e. The van der Waals surface area contributed by atoms with E-state index >= 15 is 0 Å². The summed E-state index contributed by atoms with van der Waals surface area (Å²) in [6.45, 7) is 4.00. The molecule has 0 aliphatic heterocycles. The van der Waals surface area contributed by atoms with Gasteiger partial charge in [-0.05, 0) is 37.1 Å². The van der Waals surface area contributed by atoms with E-state index < -0.39 is 5.97 Å². The highest BCUT2D eigenvalue weighted by molar-refractivity contribution is 5.91. The molecule has 0 bridgehead atoms. The second kappa shape index (κ2) is 5.94. The number of rotatable bonds is 5. The van der Waals surface area contributed by atoms with Crippen LogP contribution in [0, 0.1) is 0 Å². The summed E-state index contributed by atoms with van der Waals surface area (Å²) in [7, 11) is 0. The Labute approximate surface area is 100 Å². The number of ether oxygens (including phenoxy) is 1.